The Labute approximate surface area is 131 Å². The first-order chi connectivity index (χ1) is 10.3. The topological polar surface area (TPSA) is 88.5 Å². The quantitative estimate of drug-likeness (QED) is 0.666. The van der Waals surface area contributed by atoms with Gasteiger partial charge in [-0.3, -0.25) is 4.79 Å². The van der Waals surface area contributed by atoms with Crippen molar-refractivity contribution in [1.29, 1.82) is 0 Å². The largest absolute Gasteiger partial charge is 0.390 e. The van der Waals surface area contributed by atoms with Gasteiger partial charge in [-0.15, -0.1) is 0 Å². The van der Waals surface area contributed by atoms with Gasteiger partial charge in [0, 0.05) is 25.4 Å². The van der Waals surface area contributed by atoms with E-state index in [1.165, 1.54) is 6.92 Å². The van der Waals surface area contributed by atoms with Crippen LogP contribution in [0.1, 0.15) is 33.6 Å². The van der Waals surface area contributed by atoms with Crippen molar-refractivity contribution >= 4 is 5.78 Å². The van der Waals surface area contributed by atoms with Gasteiger partial charge in [0.05, 0.1) is 37.1 Å². The van der Waals surface area contributed by atoms with Crippen LogP contribution in [0.15, 0.2) is 0 Å². The van der Waals surface area contributed by atoms with Gasteiger partial charge in [0.15, 0.2) is 0 Å². The second kappa shape index (κ2) is 7.36. The standard InChI is InChI=1S/C16H28O6/c1-8(17)5-12-15(19)14(18)11(7-21-12)6-13-16(22-13)9(2)10(3)20-4/h9-16,18-19H,5-7H2,1-4H3/t9-,10-,11-,12-,13-,14+,15-,16-/m0/s1. The maximum atomic E-state index is 11.1. The number of rotatable bonds is 7. The summed E-state index contributed by atoms with van der Waals surface area (Å²) in [6.45, 7) is 5.90. The van der Waals surface area contributed by atoms with Crippen molar-refractivity contribution in [1.82, 2.24) is 0 Å². The van der Waals surface area contributed by atoms with E-state index in [2.05, 4.69) is 6.92 Å². The van der Waals surface area contributed by atoms with Gasteiger partial charge in [-0.05, 0) is 20.3 Å². The van der Waals surface area contributed by atoms with E-state index in [1.807, 2.05) is 6.92 Å². The van der Waals surface area contributed by atoms with Crippen LogP contribution in [-0.4, -0.2) is 66.3 Å². The van der Waals surface area contributed by atoms with Gasteiger partial charge in [0.25, 0.3) is 0 Å². The molecule has 0 unspecified atom stereocenters. The minimum atomic E-state index is -1.02. The van der Waals surface area contributed by atoms with Crippen molar-refractivity contribution in [3.05, 3.63) is 0 Å². The van der Waals surface area contributed by atoms with E-state index < -0.39 is 18.3 Å². The van der Waals surface area contributed by atoms with Gasteiger partial charge >= 0.3 is 0 Å². The molecule has 6 nitrogen and oxygen atoms in total. The van der Waals surface area contributed by atoms with Crippen molar-refractivity contribution < 1.29 is 29.2 Å². The second-order valence-corrected chi connectivity index (χ2v) is 6.69. The van der Waals surface area contributed by atoms with E-state index in [9.17, 15) is 15.0 Å². The summed E-state index contributed by atoms with van der Waals surface area (Å²) in [7, 11) is 1.68. The number of hydrogen-bond acceptors (Lipinski definition) is 6. The molecular weight excluding hydrogens is 288 g/mol. The van der Waals surface area contributed by atoms with Gasteiger partial charge < -0.3 is 24.4 Å². The molecule has 0 bridgehead atoms. The molecule has 2 saturated heterocycles. The van der Waals surface area contributed by atoms with Gasteiger partial charge in [-0.2, -0.15) is 0 Å². The fourth-order valence-electron chi connectivity index (χ4n) is 3.20. The molecule has 2 aliphatic rings. The lowest BCUT2D eigenvalue weighted by molar-refractivity contribution is -0.170. The fraction of sp³-hybridized carbons (Fsp3) is 0.938. The number of ketones is 1. The van der Waals surface area contributed by atoms with E-state index >= 15 is 0 Å². The lowest BCUT2D eigenvalue weighted by Gasteiger charge is -2.37. The Morgan fingerprint density at radius 3 is 2.55 bits per heavy atom. The maximum absolute atomic E-state index is 11.1. The zero-order chi connectivity index (χ0) is 16.4. The fourth-order valence-corrected chi connectivity index (χ4v) is 3.20. The Bertz CT molecular complexity index is 387. The maximum Gasteiger partial charge on any atom is 0.132 e. The third-order valence-electron chi connectivity index (χ3n) is 5.01. The predicted octanol–water partition coefficient (Wildman–Crippen LogP) is 0.531. The molecule has 2 heterocycles. The van der Waals surface area contributed by atoms with Crippen molar-refractivity contribution in [3.63, 3.8) is 0 Å². The third-order valence-corrected chi connectivity index (χ3v) is 5.01. The SMILES string of the molecule is CO[C@@H](C)[C@H](C)[C@@H]1O[C@H]1C[C@H]1CO[C@@H](CC(C)=O)[C@H](O)[C@@H]1O. The third kappa shape index (κ3) is 4.06. The van der Waals surface area contributed by atoms with E-state index in [4.69, 9.17) is 14.2 Å². The summed E-state index contributed by atoms with van der Waals surface area (Å²) < 4.78 is 16.6. The van der Waals surface area contributed by atoms with E-state index in [0.717, 1.165) is 0 Å². The Morgan fingerprint density at radius 2 is 1.95 bits per heavy atom. The Hall–Kier alpha value is -0.530. The summed E-state index contributed by atoms with van der Waals surface area (Å²) in [5, 5.41) is 20.4. The number of ether oxygens (including phenoxy) is 3. The van der Waals surface area contributed by atoms with Crippen LogP contribution in [0.2, 0.25) is 0 Å². The Morgan fingerprint density at radius 1 is 1.27 bits per heavy atom. The highest BCUT2D eigenvalue weighted by molar-refractivity contribution is 5.76. The second-order valence-electron chi connectivity index (χ2n) is 6.69. The summed E-state index contributed by atoms with van der Waals surface area (Å²) in [6.07, 6.45) is -1.39. The molecule has 0 saturated carbocycles. The molecular formula is C16H28O6. The number of hydrogen-bond donors (Lipinski definition) is 2. The van der Waals surface area contributed by atoms with Crippen molar-refractivity contribution in [3.8, 4) is 0 Å². The first kappa shape index (κ1) is 17.8. The molecule has 2 fully saturated rings. The normalized spacial score (nSPS) is 41.0. The van der Waals surface area contributed by atoms with Crippen LogP contribution < -0.4 is 0 Å². The molecule has 0 aliphatic carbocycles. The molecule has 2 aliphatic heterocycles. The van der Waals surface area contributed by atoms with Crippen molar-refractivity contribution in [2.45, 2.75) is 70.2 Å². The van der Waals surface area contributed by atoms with Gasteiger partial charge in [-0.1, -0.05) is 6.92 Å². The monoisotopic (exact) mass is 316 g/mol. The summed E-state index contributed by atoms with van der Waals surface area (Å²) in [6, 6.07) is 0. The first-order valence-corrected chi connectivity index (χ1v) is 8.00. The smallest absolute Gasteiger partial charge is 0.132 e. The van der Waals surface area contributed by atoms with Crippen LogP contribution in [-0.2, 0) is 19.0 Å². The molecule has 8 atom stereocenters. The number of carbonyl (C=O) groups excluding carboxylic acids is 1. The van der Waals surface area contributed by atoms with Crippen LogP contribution >= 0.6 is 0 Å². The van der Waals surface area contributed by atoms with Crippen LogP contribution in [0.4, 0.5) is 0 Å². The predicted molar refractivity (Wildman–Crippen MR) is 79.5 cm³/mol. The average Bonchev–Trinajstić information content (AvgIpc) is 3.24. The number of Topliss-reactive ketones (excluding diaryl/α,β-unsaturated/α-hetero) is 1. The average molecular weight is 316 g/mol. The summed E-state index contributed by atoms with van der Waals surface area (Å²) >= 11 is 0. The number of methoxy groups -OCH3 is 1. The number of aliphatic hydroxyl groups is 2. The molecule has 0 amide bonds. The zero-order valence-electron chi connectivity index (χ0n) is 13.8. The number of carbonyl (C=O) groups is 1. The van der Waals surface area contributed by atoms with Crippen LogP contribution in [0.25, 0.3) is 0 Å². The first-order valence-electron chi connectivity index (χ1n) is 8.00. The molecule has 2 N–H and O–H groups in total. The molecule has 2 rings (SSSR count). The molecule has 128 valence electrons. The minimum Gasteiger partial charge on any atom is -0.390 e. The van der Waals surface area contributed by atoms with E-state index in [0.29, 0.717) is 13.0 Å². The molecule has 6 heteroatoms. The summed E-state index contributed by atoms with van der Waals surface area (Å²) in [5.74, 6) is 0.0629. The lowest BCUT2D eigenvalue weighted by Crippen LogP contribution is -2.51. The molecule has 0 aromatic rings. The van der Waals surface area contributed by atoms with Crippen molar-refractivity contribution in [2.75, 3.05) is 13.7 Å². The molecule has 0 aromatic carbocycles. The summed E-state index contributed by atoms with van der Waals surface area (Å²) in [5.41, 5.74) is 0. The highest BCUT2D eigenvalue weighted by Gasteiger charge is 2.48. The Kier molecular flexibility index (Phi) is 5.96. The molecule has 0 radical (unpaired) electrons. The molecule has 0 aromatic heterocycles. The summed E-state index contributed by atoms with van der Waals surface area (Å²) in [4.78, 5) is 11.1. The highest BCUT2D eigenvalue weighted by atomic mass is 16.6. The van der Waals surface area contributed by atoms with Gasteiger partial charge in [-0.25, -0.2) is 0 Å². The van der Waals surface area contributed by atoms with Gasteiger partial charge in [0.1, 0.15) is 11.9 Å². The van der Waals surface area contributed by atoms with Gasteiger partial charge in [0.2, 0.25) is 0 Å². The van der Waals surface area contributed by atoms with Crippen molar-refractivity contribution in [2.24, 2.45) is 11.8 Å². The highest BCUT2D eigenvalue weighted by Crippen LogP contribution is 2.38. The number of epoxide rings is 1. The molecule has 22 heavy (non-hydrogen) atoms. The number of aliphatic hydroxyl groups excluding tert-OH is 2. The zero-order valence-corrected chi connectivity index (χ0v) is 13.8. The molecule has 0 spiro atoms. The van der Waals surface area contributed by atoms with E-state index in [1.54, 1.807) is 7.11 Å². The Balaban J connectivity index is 1.82. The lowest BCUT2D eigenvalue weighted by atomic mass is 9.86. The van der Waals surface area contributed by atoms with Crippen LogP contribution in [0, 0.1) is 11.8 Å². The van der Waals surface area contributed by atoms with Crippen LogP contribution in [0.5, 0.6) is 0 Å². The minimum absolute atomic E-state index is 0.0531. The van der Waals surface area contributed by atoms with Crippen LogP contribution in [0.3, 0.4) is 0 Å². The van der Waals surface area contributed by atoms with E-state index in [-0.39, 0.29) is 42.4 Å².